The number of carbonyl (C=O) groups is 1. The van der Waals surface area contributed by atoms with E-state index in [1.807, 2.05) is 0 Å². The van der Waals surface area contributed by atoms with Gasteiger partial charge in [0.15, 0.2) is 0 Å². The van der Waals surface area contributed by atoms with E-state index < -0.39 is 27.4 Å². The van der Waals surface area contributed by atoms with Gasteiger partial charge in [0.2, 0.25) is 15.9 Å². The number of nitro groups is 1. The molecule has 10 nitrogen and oxygen atoms in total. The highest BCUT2D eigenvalue weighted by molar-refractivity contribution is 7.92. The summed E-state index contributed by atoms with van der Waals surface area (Å²) in [7, 11) is -1.14. The van der Waals surface area contributed by atoms with E-state index in [1.165, 1.54) is 44.6 Å². The minimum atomic E-state index is -3.91. The predicted octanol–water partition coefficient (Wildman–Crippen LogP) is 2.67. The van der Waals surface area contributed by atoms with Crippen LogP contribution in [0.25, 0.3) is 0 Å². The minimum Gasteiger partial charge on any atom is -0.495 e. The molecule has 0 bridgehead atoms. The van der Waals surface area contributed by atoms with Gasteiger partial charge in [-0.3, -0.25) is 19.2 Å². The number of anilines is 2. The summed E-state index contributed by atoms with van der Waals surface area (Å²) < 4.78 is 35.4. The van der Waals surface area contributed by atoms with E-state index in [4.69, 9.17) is 21.1 Å². The zero-order valence-electron chi connectivity index (χ0n) is 15.7. The van der Waals surface area contributed by atoms with Gasteiger partial charge in [0.25, 0.3) is 5.69 Å². The number of amides is 1. The number of rotatable bonds is 8. The lowest BCUT2D eigenvalue weighted by Gasteiger charge is -2.22. The van der Waals surface area contributed by atoms with Crippen molar-refractivity contribution in [3.05, 3.63) is 51.5 Å². The molecular formula is C17H18ClN3O7S. The molecule has 1 amide bonds. The monoisotopic (exact) mass is 443 g/mol. The summed E-state index contributed by atoms with van der Waals surface area (Å²) in [4.78, 5) is 22.8. The van der Waals surface area contributed by atoms with Gasteiger partial charge in [-0.1, -0.05) is 17.7 Å². The Morgan fingerprint density at radius 2 is 1.86 bits per heavy atom. The Balaban J connectivity index is 2.33. The van der Waals surface area contributed by atoms with Gasteiger partial charge >= 0.3 is 0 Å². The van der Waals surface area contributed by atoms with Crippen LogP contribution in [-0.4, -0.2) is 46.3 Å². The van der Waals surface area contributed by atoms with E-state index in [9.17, 15) is 23.3 Å². The van der Waals surface area contributed by atoms with Crippen LogP contribution in [0.4, 0.5) is 17.1 Å². The fraction of sp³-hybridized carbons (Fsp3) is 0.235. The summed E-state index contributed by atoms with van der Waals surface area (Å²) in [6.45, 7) is -0.617. The lowest BCUT2D eigenvalue weighted by Crippen LogP contribution is -2.37. The first kappa shape index (κ1) is 22.2. The molecule has 2 rings (SSSR count). The number of ether oxygens (including phenoxy) is 2. The van der Waals surface area contributed by atoms with Crippen molar-refractivity contribution >= 4 is 44.6 Å². The third-order valence-electron chi connectivity index (χ3n) is 3.76. The largest absolute Gasteiger partial charge is 0.495 e. The molecule has 0 aliphatic carbocycles. The molecule has 2 aromatic carbocycles. The molecule has 156 valence electrons. The normalized spacial score (nSPS) is 10.9. The molecule has 0 aliphatic heterocycles. The standard InChI is InChI=1S/C17H18ClN3O7S/c1-27-15-9-14(16(28-2)8-13(15)18)19-17(22)10-20(29(3,25)26)11-5-4-6-12(7-11)21(23)24/h4-9H,10H2,1-3H3,(H,19,22). The first-order chi connectivity index (χ1) is 13.6. The smallest absolute Gasteiger partial charge is 0.271 e. The van der Waals surface area contributed by atoms with Crippen molar-refractivity contribution in [3.8, 4) is 11.5 Å². The molecule has 0 aromatic heterocycles. The highest BCUT2D eigenvalue weighted by atomic mass is 35.5. The van der Waals surface area contributed by atoms with Crippen LogP contribution < -0.4 is 19.1 Å². The van der Waals surface area contributed by atoms with Crippen molar-refractivity contribution in [1.29, 1.82) is 0 Å². The number of nitro benzene ring substituents is 1. The Kier molecular flexibility index (Phi) is 6.88. The molecule has 0 unspecified atom stereocenters. The second kappa shape index (κ2) is 8.97. The van der Waals surface area contributed by atoms with Crippen molar-refractivity contribution in [2.45, 2.75) is 0 Å². The molecule has 2 aromatic rings. The minimum absolute atomic E-state index is 0.0162. The maximum absolute atomic E-state index is 12.5. The second-order valence-electron chi connectivity index (χ2n) is 5.78. The number of nitrogens with zero attached hydrogens (tertiary/aromatic N) is 2. The molecule has 0 saturated heterocycles. The van der Waals surface area contributed by atoms with E-state index in [0.717, 1.165) is 16.6 Å². The van der Waals surface area contributed by atoms with Gasteiger partial charge in [-0.15, -0.1) is 0 Å². The Morgan fingerprint density at radius 3 is 2.41 bits per heavy atom. The number of nitrogens with one attached hydrogen (secondary N) is 1. The van der Waals surface area contributed by atoms with Crippen LogP contribution in [0.1, 0.15) is 0 Å². The third-order valence-corrected chi connectivity index (χ3v) is 5.20. The quantitative estimate of drug-likeness (QED) is 0.490. The predicted molar refractivity (Wildman–Crippen MR) is 108 cm³/mol. The maximum atomic E-state index is 12.5. The molecule has 0 atom stereocenters. The topological polar surface area (TPSA) is 128 Å². The van der Waals surface area contributed by atoms with Crippen LogP contribution in [0.2, 0.25) is 5.02 Å². The van der Waals surface area contributed by atoms with Gasteiger partial charge in [-0.25, -0.2) is 8.42 Å². The number of benzene rings is 2. The van der Waals surface area contributed by atoms with Crippen molar-refractivity contribution in [1.82, 2.24) is 0 Å². The molecule has 0 fully saturated rings. The highest BCUT2D eigenvalue weighted by Crippen LogP contribution is 2.36. The average molecular weight is 444 g/mol. The number of hydrogen-bond acceptors (Lipinski definition) is 7. The molecule has 0 radical (unpaired) electrons. The first-order valence-corrected chi connectivity index (χ1v) is 10.2. The Bertz CT molecular complexity index is 1040. The highest BCUT2D eigenvalue weighted by Gasteiger charge is 2.23. The Hall–Kier alpha value is -3.05. The number of non-ortho nitro benzene ring substituents is 1. The summed E-state index contributed by atoms with van der Waals surface area (Å²) in [6.07, 6.45) is 0.894. The summed E-state index contributed by atoms with van der Waals surface area (Å²) >= 11 is 6.02. The SMILES string of the molecule is COc1cc(NC(=O)CN(c2cccc([N+](=O)[O-])c2)S(C)(=O)=O)c(OC)cc1Cl. The number of carbonyl (C=O) groups excluding carboxylic acids is 1. The number of sulfonamides is 1. The molecular weight excluding hydrogens is 426 g/mol. The van der Waals surface area contributed by atoms with Gasteiger partial charge in [0.1, 0.15) is 18.0 Å². The summed E-state index contributed by atoms with van der Waals surface area (Å²) in [5.74, 6) is -0.184. The van der Waals surface area contributed by atoms with Crippen molar-refractivity contribution in [2.75, 3.05) is 36.6 Å². The molecule has 1 N–H and O–H groups in total. The van der Waals surface area contributed by atoms with Crippen molar-refractivity contribution in [3.63, 3.8) is 0 Å². The summed E-state index contributed by atoms with van der Waals surface area (Å²) in [6, 6.07) is 7.83. The van der Waals surface area contributed by atoms with Crippen molar-refractivity contribution in [2.24, 2.45) is 0 Å². The van der Waals surface area contributed by atoms with E-state index in [-0.39, 0.29) is 33.6 Å². The van der Waals surface area contributed by atoms with Gasteiger partial charge in [0, 0.05) is 24.3 Å². The molecule has 0 heterocycles. The van der Waals surface area contributed by atoms with Gasteiger partial charge < -0.3 is 14.8 Å². The Labute approximate surface area is 172 Å². The molecule has 0 saturated carbocycles. The number of methoxy groups -OCH3 is 2. The summed E-state index contributed by atoms with van der Waals surface area (Å²) in [5, 5.41) is 13.8. The first-order valence-electron chi connectivity index (χ1n) is 8.00. The van der Waals surface area contributed by atoms with Gasteiger partial charge in [-0.05, 0) is 6.07 Å². The molecule has 12 heteroatoms. The third kappa shape index (κ3) is 5.48. The lowest BCUT2D eigenvalue weighted by molar-refractivity contribution is -0.384. The van der Waals surface area contributed by atoms with Crippen LogP contribution >= 0.6 is 11.6 Å². The fourth-order valence-electron chi connectivity index (χ4n) is 2.44. The van der Waals surface area contributed by atoms with Gasteiger partial charge in [0.05, 0.1) is 41.8 Å². The van der Waals surface area contributed by atoms with Crippen LogP contribution in [0.3, 0.4) is 0 Å². The summed E-state index contributed by atoms with van der Waals surface area (Å²) in [5.41, 5.74) is -0.107. The molecule has 0 spiro atoms. The van der Waals surface area contributed by atoms with Crippen LogP contribution in [0.5, 0.6) is 11.5 Å². The Morgan fingerprint density at radius 1 is 1.21 bits per heavy atom. The number of hydrogen-bond donors (Lipinski definition) is 1. The fourth-order valence-corrected chi connectivity index (χ4v) is 3.52. The maximum Gasteiger partial charge on any atom is 0.271 e. The number of halogens is 1. The van der Waals surface area contributed by atoms with Crippen LogP contribution in [0, 0.1) is 10.1 Å². The van der Waals surface area contributed by atoms with Crippen molar-refractivity contribution < 1.29 is 27.6 Å². The lowest BCUT2D eigenvalue weighted by atomic mass is 10.2. The van der Waals surface area contributed by atoms with E-state index in [0.29, 0.717) is 0 Å². The second-order valence-corrected chi connectivity index (χ2v) is 8.10. The van der Waals surface area contributed by atoms with Gasteiger partial charge in [-0.2, -0.15) is 0 Å². The molecule has 29 heavy (non-hydrogen) atoms. The van der Waals surface area contributed by atoms with Crippen LogP contribution in [0.15, 0.2) is 36.4 Å². The molecule has 0 aliphatic rings. The van der Waals surface area contributed by atoms with E-state index in [1.54, 1.807) is 0 Å². The van der Waals surface area contributed by atoms with E-state index >= 15 is 0 Å². The average Bonchev–Trinajstić information content (AvgIpc) is 2.66. The zero-order valence-corrected chi connectivity index (χ0v) is 17.3. The zero-order chi connectivity index (χ0) is 21.8. The van der Waals surface area contributed by atoms with Crippen LogP contribution in [-0.2, 0) is 14.8 Å². The van der Waals surface area contributed by atoms with E-state index in [2.05, 4.69) is 5.32 Å².